The predicted octanol–water partition coefficient (Wildman–Crippen LogP) is 7.13. The summed E-state index contributed by atoms with van der Waals surface area (Å²) in [6.07, 6.45) is 0. The average molecular weight is 555 g/mol. The van der Waals surface area contributed by atoms with Gasteiger partial charge in [-0.25, -0.2) is 8.42 Å². The van der Waals surface area contributed by atoms with E-state index in [-0.39, 0.29) is 17.3 Å². The SMILES string of the molecule is Cc1ccc(Cl)cc1N(Cc1ccc(C(=O)NCc2cccc3ccccc23)cc1)S(=O)(=O)c1ccccc1. The number of rotatable bonds is 8. The van der Waals surface area contributed by atoms with E-state index < -0.39 is 10.0 Å². The molecule has 0 saturated heterocycles. The van der Waals surface area contributed by atoms with Crippen LogP contribution in [0.25, 0.3) is 10.8 Å². The van der Waals surface area contributed by atoms with Gasteiger partial charge >= 0.3 is 0 Å². The Morgan fingerprint density at radius 1 is 0.821 bits per heavy atom. The number of fused-ring (bicyclic) bond motifs is 1. The van der Waals surface area contributed by atoms with Gasteiger partial charge in [0.25, 0.3) is 15.9 Å². The molecule has 0 saturated carbocycles. The van der Waals surface area contributed by atoms with Gasteiger partial charge in [-0.1, -0.05) is 90.5 Å². The molecule has 0 heterocycles. The van der Waals surface area contributed by atoms with E-state index in [2.05, 4.69) is 5.32 Å². The number of nitrogens with zero attached hydrogens (tertiary/aromatic N) is 1. The van der Waals surface area contributed by atoms with Crippen LogP contribution in [0.1, 0.15) is 27.0 Å². The zero-order chi connectivity index (χ0) is 27.4. The van der Waals surface area contributed by atoms with Crippen LogP contribution < -0.4 is 9.62 Å². The molecule has 0 aliphatic rings. The van der Waals surface area contributed by atoms with Gasteiger partial charge in [0.05, 0.1) is 17.1 Å². The summed E-state index contributed by atoms with van der Waals surface area (Å²) in [5.41, 5.74) is 3.55. The van der Waals surface area contributed by atoms with Crippen molar-refractivity contribution in [3.8, 4) is 0 Å². The van der Waals surface area contributed by atoms with Crippen LogP contribution in [0.15, 0.2) is 120 Å². The highest BCUT2D eigenvalue weighted by molar-refractivity contribution is 7.92. The molecule has 5 aromatic rings. The van der Waals surface area contributed by atoms with Crippen molar-refractivity contribution in [2.24, 2.45) is 0 Å². The molecule has 5 rings (SSSR count). The summed E-state index contributed by atoms with van der Waals surface area (Å²) in [5, 5.41) is 5.67. The van der Waals surface area contributed by atoms with Crippen molar-refractivity contribution < 1.29 is 13.2 Å². The lowest BCUT2D eigenvalue weighted by Crippen LogP contribution is -2.31. The number of anilines is 1. The maximum Gasteiger partial charge on any atom is 0.264 e. The van der Waals surface area contributed by atoms with E-state index in [9.17, 15) is 13.2 Å². The smallest absolute Gasteiger partial charge is 0.264 e. The molecular weight excluding hydrogens is 528 g/mol. The number of halogens is 1. The fraction of sp³-hybridized carbons (Fsp3) is 0.0938. The van der Waals surface area contributed by atoms with Crippen molar-refractivity contribution in [3.05, 3.63) is 143 Å². The molecule has 0 aliphatic carbocycles. The minimum absolute atomic E-state index is 0.0797. The lowest BCUT2D eigenvalue weighted by molar-refractivity contribution is 0.0951. The van der Waals surface area contributed by atoms with Gasteiger partial charge in [0.2, 0.25) is 0 Å². The van der Waals surface area contributed by atoms with E-state index in [0.717, 1.165) is 27.5 Å². The van der Waals surface area contributed by atoms with Crippen LogP contribution in [-0.2, 0) is 23.1 Å². The van der Waals surface area contributed by atoms with Gasteiger partial charge in [-0.05, 0) is 70.8 Å². The lowest BCUT2D eigenvalue weighted by Gasteiger charge is -2.26. The Balaban J connectivity index is 1.37. The number of hydrogen-bond acceptors (Lipinski definition) is 3. The number of sulfonamides is 1. The molecule has 5 aromatic carbocycles. The molecule has 7 heteroatoms. The van der Waals surface area contributed by atoms with E-state index >= 15 is 0 Å². The molecule has 0 bridgehead atoms. The summed E-state index contributed by atoms with van der Waals surface area (Å²) in [5.74, 6) is -0.200. The number of carbonyl (C=O) groups is 1. The standard InChI is InChI=1S/C32H27ClN2O3S/c1-23-14-19-28(33)20-31(23)35(39(37,38)29-11-3-2-4-12-29)22-24-15-17-26(18-16-24)32(36)34-21-27-10-7-9-25-8-5-6-13-30(25)27/h2-20H,21-22H2,1H3,(H,34,36). The molecule has 0 atom stereocenters. The largest absolute Gasteiger partial charge is 0.348 e. The van der Waals surface area contributed by atoms with Gasteiger partial charge in [-0.15, -0.1) is 0 Å². The van der Waals surface area contributed by atoms with Crippen molar-refractivity contribution in [1.82, 2.24) is 5.32 Å². The molecule has 39 heavy (non-hydrogen) atoms. The van der Waals surface area contributed by atoms with Crippen LogP contribution in [0, 0.1) is 6.92 Å². The summed E-state index contributed by atoms with van der Waals surface area (Å²) in [6.45, 7) is 2.33. The molecule has 0 fully saturated rings. The Kier molecular flexibility index (Phi) is 7.68. The third-order valence-corrected chi connectivity index (χ3v) is 8.64. The third-order valence-electron chi connectivity index (χ3n) is 6.63. The molecule has 0 aromatic heterocycles. The second-order valence-corrected chi connectivity index (χ2v) is 11.6. The summed E-state index contributed by atoms with van der Waals surface area (Å²) in [7, 11) is -3.88. The molecule has 5 nitrogen and oxygen atoms in total. The van der Waals surface area contributed by atoms with Crippen molar-refractivity contribution in [3.63, 3.8) is 0 Å². The first-order valence-corrected chi connectivity index (χ1v) is 14.3. The fourth-order valence-corrected chi connectivity index (χ4v) is 6.22. The summed E-state index contributed by atoms with van der Waals surface area (Å²) in [4.78, 5) is 13.1. The minimum atomic E-state index is -3.88. The highest BCUT2D eigenvalue weighted by atomic mass is 35.5. The first-order chi connectivity index (χ1) is 18.8. The Morgan fingerprint density at radius 2 is 1.51 bits per heavy atom. The van der Waals surface area contributed by atoms with Crippen LogP contribution >= 0.6 is 11.6 Å². The van der Waals surface area contributed by atoms with Gasteiger partial charge in [0.1, 0.15) is 0 Å². The Labute approximate surface area is 233 Å². The highest BCUT2D eigenvalue weighted by Crippen LogP contribution is 2.31. The van der Waals surface area contributed by atoms with Crippen LogP contribution in [0.4, 0.5) is 5.69 Å². The molecule has 1 N–H and O–H groups in total. The Hall–Kier alpha value is -4.13. The second kappa shape index (κ2) is 11.3. The van der Waals surface area contributed by atoms with Gasteiger partial charge in [-0.3, -0.25) is 9.10 Å². The fourth-order valence-electron chi connectivity index (χ4n) is 4.52. The highest BCUT2D eigenvalue weighted by Gasteiger charge is 2.26. The number of carbonyl (C=O) groups excluding carboxylic acids is 1. The van der Waals surface area contributed by atoms with Crippen molar-refractivity contribution in [2.45, 2.75) is 24.9 Å². The van der Waals surface area contributed by atoms with E-state index in [4.69, 9.17) is 11.6 Å². The van der Waals surface area contributed by atoms with E-state index in [1.165, 1.54) is 4.31 Å². The second-order valence-electron chi connectivity index (χ2n) is 9.27. The normalized spacial score (nSPS) is 11.3. The van der Waals surface area contributed by atoms with Crippen molar-refractivity contribution in [1.29, 1.82) is 0 Å². The Bertz CT molecular complexity index is 1730. The number of hydrogen-bond donors (Lipinski definition) is 1. The van der Waals surface area contributed by atoms with E-state index in [1.807, 2.05) is 49.4 Å². The number of benzene rings is 5. The topological polar surface area (TPSA) is 66.5 Å². The quantitative estimate of drug-likeness (QED) is 0.222. The van der Waals surface area contributed by atoms with Crippen molar-refractivity contribution in [2.75, 3.05) is 4.31 Å². The first kappa shape index (κ1) is 26.5. The minimum Gasteiger partial charge on any atom is -0.348 e. The molecule has 0 radical (unpaired) electrons. The van der Waals surface area contributed by atoms with E-state index in [0.29, 0.717) is 22.8 Å². The zero-order valence-corrected chi connectivity index (χ0v) is 22.9. The monoisotopic (exact) mass is 554 g/mol. The van der Waals surface area contributed by atoms with Gasteiger partial charge in [0, 0.05) is 17.1 Å². The first-order valence-electron chi connectivity index (χ1n) is 12.5. The zero-order valence-electron chi connectivity index (χ0n) is 21.3. The molecule has 0 spiro atoms. The van der Waals surface area contributed by atoms with E-state index in [1.54, 1.807) is 72.8 Å². The molecule has 1 amide bonds. The Morgan fingerprint density at radius 3 is 2.28 bits per heavy atom. The van der Waals surface area contributed by atoms with Crippen molar-refractivity contribution >= 4 is 44.0 Å². The summed E-state index contributed by atoms with van der Waals surface area (Å²) < 4.78 is 28.8. The predicted molar refractivity (Wildman–Crippen MR) is 158 cm³/mol. The van der Waals surface area contributed by atoms with Gasteiger partial charge in [-0.2, -0.15) is 0 Å². The summed E-state index contributed by atoms with van der Waals surface area (Å²) >= 11 is 6.26. The van der Waals surface area contributed by atoms with Crippen LogP contribution in [0.3, 0.4) is 0 Å². The maximum absolute atomic E-state index is 13.7. The lowest BCUT2D eigenvalue weighted by atomic mass is 10.0. The van der Waals surface area contributed by atoms with Gasteiger partial charge < -0.3 is 5.32 Å². The molecular formula is C32H27ClN2O3S. The van der Waals surface area contributed by atoms with Crippen LogP contribution in [0.5, 0.6) is 0 Å². The number of aryl methyl sites for hydroxylation is 1. The molecule has 0 aliphatic heterocycles. The maximum atomic E-state index is 13.7. The third kappa shape index (κ3) is 5.82. The summed E-state index contributed by atoms with van der Waals surface area (Å²) in [6, 6.07) is 34.6. The van der Waals surface area contributed by atoms with Crippen LogP contribution in [0.2, 0.25) is 5.02 Å². The molecule has 0 unspecified atom stereocenters. The number of amides is 1. The van der Waals surface area contributed by atoms with Crippen LogP contribution in [-0.4, -0.2) is 14.3 Å². The van der Waals surface area contributed by atoms with Gasteiger partial charge in [0.15, 0.2) is 0 Å². The number of nitrogens with one attached hydrogen (secondary N) is 1. The average Bonchev–Trinajstić information content (AvgIpc) is 2.96. The molecule has 196 valence electrons.